The summed E-state index contributed by atoms with van der Waals surface area (Å²) in [4.78, 5) is 43.2. The third kappa shape index (κ3) is 3.72. The summed E-state index contributed by atoms with van der Waals surface area (Å²) in [5.74, 6) is -0.685. The van der Waals surface area contributed by atoms with E-state index in [1.54, 1.807) is 11.0 Å². The van der Waals surface area contributed by atoms with E-state index in [0.29, 0.717) is 35.5 Å². The van der Waals surface area contributed by atoms with Gasteiger partial charge < -0.3 is 10.1 Å². The minimum absolute atomic E-state index is 0.182. The summed E-state index contributed by atoms with van der Waals surface area (Å²) < 4.78 is 5.62. The molecular formula is C26H27N3O4. The number of Topliss-reactive ketones (excluding diaryl/α,β-unsaturated/α-hetero) is 1. The fourth-order valence-electron chi connectivity index (χ4n) is 4.77. The van der Waals surface area contributed by atoms with Crippen LogP contribution in [0.5, 0.6) is 0 Å². The van der Waals surface area contributed by atoms with Gasteiger partial charge in [0.1, 0.15) is 17.3 Å². The standard InChI is InChI=1S/C26H27N3O4/c1-26(2,3)33-25(32)20-13-8-14-28(20)15-29-19-12-7-5-10-17(19)21(24(29)31)22-23(30)16-9-4-6-11-18(16)27-22/h4-7,9-12,20,27H,8,13-15H2,1-3H3/b22-21-/t20-/m0/s1. The molecule has 1 saturated heterocycles. The highest BCUT2D eigenvalue weighted by Crippen LogP contribution is 2.42. The predicted molar refractivity (Wildman–Crippen MR) is 126 cm³/mol. The lowest BCUT2D eigenvalue weighted by Gasteiger charge is -2.30. The summed E-state index contributed by atoms with van der Waals surface area (Å²) in [7, 11) is 0. The van der Waals surface area contributed by atoms with Crippen LogP contribution in [0.1, 0.15) is 49.5 Å². The Bertz CT molecular complexity index is 1190. The fourth-order valence-corrected chi connectivity index (χ4v) is 4.77. The molecule has 0 saturated carbocycles. The highest BCUT2D eigenvalue weighted by molar-refractivity contribution is 6.39. The van der Waals surface area contributed by atoms with Crippen LogP contribution in [0.25, 0.3) is 5.57 Å². The molecule has 170 valence electrons. The lowest BCUT2D eigenvalue weighted by Crippen LogP contribution is -2.46. The van der Waals surface area contributed by atoms with E-state index in [1.165, 1.54) is 0 Å². The molecule has 0 bridgehead atoms. The number of allylic oxidation sites excluding steroid dienone is 1. The Labute approximate surface area is 193 Å². The number of ketones is 1. The summed E-state index contributed by atoms with van der Waals surface area (Å²) in [6.07, 6.45) is 1.55. The number of hydrogen-bond donors (Lipinski definition) is 1. The molecule has 7 nitrogen and oxygen atoms in total. The first-order valence-corrected chi connectivity index (χ1v) is 11.3. The van der Waals surface area contributed by atoms with Gasteiger partial charge in [0.15, 0.2) is 0 Å². The van der Waals surface area contributed by atoms with Crippen LogP contribution in [0.15, 0.2) is 54.2 Å². The van der Waals surface area contributed by atoms with Gasteiger partial charge in [0.05, 0.1) is 17.9 Å². The normalized spacial score (nSPS) is 22.4. The van der Waals surface area contributed by atoms with Gasteiger partial charge in [0.25, 0.3) is 5.91 Å². The molecule has 2 aromatic rings. The first-order valence-electron chi connectivity index (χ1n) is 11.3. The second-order valence-electron chi connectivity index (χ2n) is 9.65. The van der Waals surface area contributed by atoms with Gasteiger partial charge in [-0.1, -0.05) is 30.3 Å². The van der Waals surface area contributed by atoms with Gasteiger partial charge in [-0.15, -0.1) is 0 Å². The van der Waals surface area contributed by atoms with E-state index in [0.717, 1.165) is 17.7 Å². The van der Waals surface area contributed by atoms with Crippen molar-refractivity contribution >= 4 is 34.6 Å². The Morgan fingerprint density at radius 2 is 1.76 bits per heavy atom. The number of carbonyl (C=O) groups is 3. The van der Waals surface area contributed by atoms with Gasteiger partial charge >= 0.3 is 5.97 Å². The van der Waals surface area contributed by atoms with Crippen molar-refractivity contribution in [3.05, 3.63) is 65.4 Å². The molecule has 7 heteroatoms. The number of ether oxygens (including phenoxy) is 1. The zero-order chi connectivity index (χ0) is 23.3. The largest absolute Gasteiger partial charge is 0.459 e. The average Bonchev–Trinajstić information content (AvgIpc) is 3.43. The average molecular weight is 446 g/mol. The molecule has 1 N–H and O–H groups in total. The molecule has 3 aliphatic rings. The molecule has 1 amide bonds. The van der Waals surface area contributed by atoms with Crippen molar-refractivity contribution in [2.45, 2.75) is 45.3 Å². The molecular weight excluding hydrogens is 418 g/mol. The zero-order valence-electron chi connectivity index (χ0n) is 19.1. The third-order valence-corrected chi connectivity index (χ3v) is 6.20. The summed E-state index contributed by atoms with van der Waals surface area (Å²) in [5.41, 5.74) is 2.85. The van der Waals surface area contributed by atoms with Gasteiger partial charge in [-0.2, -0.15) is 0 Å². The summed E-state index contributed by atoms with van der Waals surface area (Å²) in [5, 5.41) is 3.16. The van der Waals surface area contributed by atoms with Crippen LogP contribution >= 0.6 is 0 Å². The van der Waals surface area contributed by atoms with Crippen molar-refractivity contribution in [3.8, 4) is 0 Å². The van der Waals surface area contributed by atoms with Crippen molar-refractivity contribution in [1.29, 1.82) is 0 Å². The van der Waals surface area contributed by atoms with E-state index in [4.69, 9.17) is 4.74 Å². The number of para-hydroxylation sites is 2. The van der Waals surface area contributed by atoms with Gasteiger partial charge in [-0.25, -0.2) is 0 Å². The summed E-state index contributed by atoms with van der Waals surface area (Å²) >= 11 is 0. The number of esters is 1. The van der Waals surface area contributed by atoms with Gasteiger partial charge in [0.2, 0.25) is 5.78 Å². The van der Waals surface area contributed by atoms with Crippen molar-refractivity contribution in [2.24, 2.45) is 0 Å². The van der Waals surface area contributed by atoms with Crippen molar-refractivity contribution < 1.29 is 19.1 Å². The molecule has 0 unspecified atom stereocenters. The van der Waals surface area contributed by atoms with Crippen LogP contribution in [0.3, 0.4) is 0 Å². The molecule has 0 aromatic heterocycles. The molecule has 0 spiro atoms. The SMILES string of the molecule is CC(C)(C)OC(=O)[C@@H]1CCCN1CN1C(=O)/C(=C2\Nc3ccccc3C2=O)c2ccccc21. The first-order chi connectivity index (χ1) is 15.7. The molecule has 3 aliphatic heterocycles. The summed E-state index contributed by atoms with van der Waals surface area (Å²) in [6.45, 7) is 6.52. The van der Waals surface area contributed by atoms with E-state index in [2.05, 4.69) is 5.32 Å². The van der Waals surface area contributed by atoms with Crippen LogP contribution in [-0.4, -0.2) is 47.4 Å². The molecule has 1 atom stereocenters. The number of fused-ring (bicyclic) bond motifs is 2. The maximum atomic E-state index is 13.7. The Morgan fingerprint density at radius 1 is 1.06 bits per heavy atom. The smallest absolute Gasteiger partial charge is 0.323 e. The quantitative estimate of drug-likeness (QED) is 0.572. The molecule has 1 fully saturated rings. The minimum atomic E-state index is -0.567. The zero-order valence-corrected chi connectivity index (χ0v) is 19.1. The number of likely N-dealkylation sites (tertiary alicyclic amines) is 1. The maximum absolute atomic E-state index is 13.7. The Kier molecular flexibility index (Phi) is 5.09. The number of hydrogen-bond acceptors (Lipinski definition) is 6. The number of amides is 1. The molecule has 0 radical (unpaired) electrons. The monoisotopic (exact) mass is 445 g/mol. The number of nitrogens with zero attached hydrogens (tertiary/aromatic N) is 2. The van der Waals surface area contributed by atoms with Crippen molar-refractivity contribution in [2.75, 3.05) is 23.4 Å². The molecule has 3 heterocycles. The molecule has 5 rings (SSSR count). The number of rotatable bonds is 3. The second-order valence-corrected chi connectivity index (χ2v) is 9.65. The van der Waals surface area contributed by atoms with Crippen molar-refractivity contribution in [1.82, 2.24) is 4.90 Å². The molecule has 2 aromatic carbocycles. The first kappa shape index (κ1) is 21.4. The van der Waals surface area contributed by atoms with E-state index in [9.17, 15) is 14.4 Å². The van der Waals surface area contributed by atoms with Crippen LogP contribution in [0.4, 0.5) is 11.4 Å². The summed E-state index contributed by atoms with van der Waals surface area (Å²) in [6, 6.07) is 14.4. The highest BCUT2D eigenvalue weighted by atomic mass is 16.6. The Hall–Kier alpha value is -3.45. The fraction of sp³-hybridized carbons (Fsp3) is 0.346. The van der Waals surface area contributed by atoms with E-state index in [1.807, 2.05) is 68.1 Å². The topological polar surface area (TPSA) is 79.0 Å². The number of benzene rings is 2. The van der Waals surface area contributed by atoms with Crippen LogP contribution in [0.2, 0.25) is 0 Å². The number of anilines is 2. The number of nitrogens with one attached hydrogen (secondary N) is 1. The van der Waals surface area contributed by atoms with Crippen LogP contribution in [0, 0.1) is 0 Å². The Morgan fingerprint density at radius 3 is 2.48 bits per heavy atom. The second kappa shape index (κ2) is 7.85. The predicted octanol–water partition coefficient (Wildman–Crippen LogP) is 3.82. The third-order valence-electron chi connectivity index (χ3n) is 6.20. The van der Waals surface area contributed by atoms with E-state index >= 15 is 0 Å². The molecule has 0 aliphatic carbocycles. The van der Waals surface area contributed by atoms with E-state index in [-0.39, 0.29) is 24.3 Å². The highest BCUT2D eigenvalue weighted by Gasteiger charge is 2.42. The van der Waals surface area contributed by atoms with Crippen LogP contribution in [-0.2, 0) is 14.3 Å². The van der Waals surface area contributed by atoms with Gasteiger partial charge in [-0.3, -0.25) is 24.2 Å². The molecule has 33 heavy (non-hydrogen) atoms. The van der Waals surface area contributed by atoms with Crippen LogP contribution < -0.4 is 10.2 Å². The lowest BCUT2D eigenvalue weighted by molar-refractivity contribution is -0.160. The Balaban J connectivity index is 1.47. The maximum Gasteiger partial charge on any atom is 0.323 e. The van der Waals surface area contributed by atoms with E-state index < -0.39 is 11.6 Å². The minimum Gasteiger partial charge on any atom is -0.459 e. The lowest BCUT2D eigenvalue weighted by atomic mass is 10.0. The van der Waals surface area contributed by atoms with Gasteiger partial charge in [-0.05, 0) is 51.8 Å². The van der Waals surface area contributed by atoms with Crippen molar-refractivity contribution in [3.63, 3.8) is 0 Å². The number of carbonyl (C=O) groups excluding carboxylic acids is 3. The van der Waals surface area contributed by atoms with Gasteiger partial charge in [0, 0.05) is 23.4 Å².